The third-order valence-electron chi connectivity index (χ3n) is 4.16. The van der Waals surface area contributed by atoms with Crippen molar-refractivity contribution in [3.05, 3.63) is 47.5 Å². The normalized spacial score (nSPS) is 14.0. The van der Waals surface area contributed by atoms with E-state index in [1.807, 2.05) is 29.2 Å². The molecule has 0 bridgehead atoms. The van der Waals surface area contributed by atoms with E-state index >= 15 is 0 Å². The van der Waals surface area contributed by atoms with E-state index < -0.39 is 0 Å². The number of nitrogens with one attached hydrogen (secondary N) is 1. The highest BCUT2D eigenvalue weighted by atomic mass is 15.3. The molecule has 110 valence electrons. The highest BCUT2D eigenvalue weighted by molar-refractivity contribution is 5.75. The molecule has 3 aromatic rings. The molecule has 1 aliphatic rings. The van der Waals surface area contributed by atoms with Crippen LogP contribution in [0.5, 0.6) is 0 Å². The summed E-state index contributed by atoms with van der Waals surface area (Å²) in [5.41, 5.74) is 5.56. The van der Waals surface area contributed by atoms with Crippen LogP contribution in [0.2, 0.25) is 0 Å². The van der Waals surface area contributed by atoms with E-state index in [0.29, 0.717) is 13.1 Å². The van der Waals surface area contributed by atoms with Crippen LogP contribution in [0, 0.1) is 11.3 Å². The Balaban J connectivity index is 1.75. The van der Waals surface area contributed by atoms with Gasteiger partial charge in [0, 0.05) is 30.8 Å². The van der Waals surface area contributed by atoms with Gasteiger partial charge in [-0.25, -0.2) is 4.98 Å². The molecule has 0 amide bonds. The molecule has 1 aliphatic heterocycles. The molecule has 1 N–H and O–H groups in total. The lowest BCUT2D eigenvalue weighted by Gasteiger charge is -2.14. The summed E-state index contributed by atoms with van der Waals surface area (Å²) in [4.78, 5) is 4.43. The zero-order chi connectivity index (χ0) is 14.9. The first-order valence-electron chi connectivity index (χ1n) is 7.42. The number of benzene rings is 1. The van der Waals surface area contributed by atoms with Gasteiger partial charge in [0.1, 0.15) is 6.54 Å². The predicted octanol–water partition coefficient (Wildman–Crippen LogP) is 1.45. The van der Waals surface area contributed by atoms with Crippen LogP contribution >= 0.6 is 0 Å². The van der Waals surface area contributed by atoms with E-state index in [1.165, 1.54) is 11.3 Å². The maximum atomic E-state index is 8.99. The number of fused-ring (bicyclic) bond motifs is 2. The van der Waals surface area contributed by atoms with Crippen LogP contribution in [0.3, 0.4) is 0 Å². The van der Waals surface area contributed by atoms with Crippen molar-refractivity contribution in [2.24, 2.45) is 0 Å². The first-order chi connectivity index (χ1) is 10.9. The molecule has 0 saturated carbocycles. The second kappa shape index (κ2) is 5.28. The molecule has 3 heterocycles. The van der Waals surface area contributed by atoms with Crippen molar-refractivity contribution in [1.29, 1.82) is 5.26 Å². The first-order valence-corrected chi connectivity index (χ1v) is 7.42. The van der Waals surface area contributed by atoms with Gasteiger partial charge in [-0.1, -0.05) is 12.1 Å². The smallest absolute Gasteiger partial charge is 0.128 e. The highest BCUT2D eigenvalue weighted by Gasteiger charge is 2.20. The van der Waals surface area contributed by atoms with Crippen molar-refractivity contribution < 1.29 is 0 Å². The summed E-state index contributed by atoms with van der Waals surface area (Å²) in [6.45, 7) is 2.76. The summed E-state index contributed by atoms with van der Waals surface area (Å²) in [7, 11) is 0. The molecular formula is C16H16N6. The molecule has 0 radical (unpaired) electrons. The third-order valence-corrected chi connectivity index (χ3v) is 4.16. The number of hydrogen-bond donors (Lipinski definition) is 1. The van der Waals surface area contributed by atoms with Crippen LogP contribution in [0.15, 0.2) is 30.6 Å². The molecule has 6 heteroatoms. The van der Waals surface area contributed by atoms with Gasteiger partial charge >= 0.3 is 0 Å². The van der Waals surface area contributed by atoms with Gasteiger partial charge in [0.25, 0.3) is 0 Å². The number of hydrogen-bond acceptors (Lipinski definition) is 4. The van der Waals surface area contributed by atoms with Crippen LogP contribution in [-0.4, -0.2) is 25.9 Å². The Morgan fingerprint density at radius 2 is 2.23 bits per heavy atom. The second-order valence-electron chi connectivity index (χ2n) is 5.48. The molecule has 6 nitrogen and oxygen atoms in total. The maximum Gasteiger partial charge on any atom is 0.128 e. The minimum atomic E-state index is 0.313. The van der Waals surface area contributed by atoms with Gasteiger partial charge in [-0.3, -0.25) is 4.68 Å². The van der Waals surface area contributed by atoms with Crippen LogP contribution in [0.25, 0.3) is 11.0 Å². The van der Waals surface area contributed by atoms with Gasteiger partial charge in [0.2, 0.25) is 0 Å². The van der Waals surface area contributed by atoms with E-state index in [1.54, 1.807) is 0 Å². The highest BCUT2D eigenvalue weighted by Crippen LogP contribution is 2.21. The molecule has 0 atom stereocenters. The number of nitrogens with zero attached hydrogens (tertiary/aromatic N) is 5. The fraction of sp³-hybridized carbons (Fsp3) is 0.312. The topological polar surface area (TPSA) is 71.5 Å². The summed E-state index contributed by atoms with van der Waals surface area (Å²) in [5, 5.41) is 17.0. The Hall–Kier alpha value is -2.65. The van der Waals surface area contributed by atoms with Crippen LogP contribution < -0.4 is 5.32 Å². The number of aromatic nitrogens is 4. The van der Waals surface area contributed by atoms with Gasteiger partial charge < -0.3 is 9.88 Å². The van der Waals surface area contributed by atoms with Crippen LogP contribution in [0.1, 0.15) is 17.0 Å². The average molecular weight is 292 g/mol. The summed E-state index contributed by atoms with van der Waals surface area (Å²) in [6, 6.07) is 10.3. The summed E-state index contributed by atoms with van der Waals surface area (Å²) < 4.78 is 3.97. The molecule has 0 saturated heterocycles. The summed E-state index contributed by atoms with van der Waals surface area (Å²) >= 11 is 0. The fourth-order valence-corrected chi connectivity index (χ4v) is 3.12. The number of rotatable bonds is 3. The monoisotopic (exact) mass is 292 g/mol. The molecular weight excluding hydrogens is 276 g/mol. The summed E-state index contributed by atoms with van der Waals surface area (Å²) in [5.74, 6) is 0. The minimum Gasteiger partial charge on any atom is -0.324 e. The molecule has 0 spiro atoms. The average Bonchev–Trinajstić information content (AvgIpc) is 3.12. The molecule has 1 aromatic carbocycles. The van der Waals surface area contributed by atoms with Gasteiger partial charge in [-0.2, -0.15) is 10.4 Å². The standard InChI is InChI=1S/C16H16N6/c17-6-8-22-15-5-7-18-9-12(15)14(20-22)10-21-11-19-13-3-1-2-4-16(13)21/h1-4,11,18H,5,7-10H2. The van der Waals surface area contributed by atoms with Crippen molar-refractivity contribution in [3.8, 4) is 6.07 Å². The predicted molar refractivity (Wildman–Crippen MR) is 82.1 cm³/mol. The van der Waals surface area contributed by atoms with E-state index in [-0.39, 0.29) is 0 Å². The Morgan fingerprint density at radius 1 is 1.32 bits per heavy atom. The Bertz CT molecular complexity index is 867. The molecule has 2 aromatic heterocycles. The minimum absolute atomic E-state index is 0.313. The zero-order valence-corrected chi connectivity index (χ0v) is 12.2. The lowest BCUT2D eigenvalue weighted by molar-refractivity contribution is 0.590. The second-order valence-corrected chi connectivity index (χ2v) is 5.48. The van der Waals surface area contributed by atoms with Crippen molar-refractivity contribution >= 4 is 11.0 Å². The van der Waals surface area contributed by atoms with Gasteiger partial charge in [0.05, 0.1) is 35.7 Å². The van der Waals surface area contributed by atoms with Gasteiger partial charge in [-0.05, 0) is 12.1 Å². The Morgan fingerprint density at radius 3 is 3.14 bits per heavy atom. The quantitative estimate of drug-likeness (QED) is 0.793. The fourth-order valence-electron chi connectivity index (χ4n) is 3.12. The number of para-hydroxylation sites is 2. The largest absolute Gasteiger partial charge is 0.324 e. The van der Waals surface area contributed by atoms with E-state index in [0.717, 1.165) is 36.2 Å². The summed E-state index contributed by atoms with van der Waals surface area (Å²) in [6.07, 6.45) is 2.78. The van der Waals surface area contributed by atoms with Crippen LogP contribution in [0.4, 0.5) is 0 Å². The lowest BCUT2D eigenvalue weighted by atomic mass is 10.1. The van der Waals surface area contributed by atoms with E-state index in [2.05, 4.69) is 32.1 Å². The number of nitriles is 1. The molecule has 0 aliphatic carbocycles. The Labute approximate surface area is 128 Å². The molecule has 0 fully saturated rings. The van der Waals surface area contributed by atoms with Gasteiger partial charge in [0.15, 0.2) is 0 Å². The zero-order valence-electron chi connectivity index (χ0n) is 12.2. The molecule has 22 heavy (non-hydrogen) atoms. The van der Waals surface area contributed by atoms with Crippen molar-refractivity contribution in [3.63, 3.8) is 0 Å². The van der Waals surface area contributed by atoms with Crippen LogP contribution in [-0.2, 0) is 26.1 Å². The lowest BCUT2D eigenvalue weighted by Crippen LogP contribution is -2.25. The Kier molecular flexibility index (Phi) is 3.13. The van der Waals surface area contributed by atoms with Crippen molar-refractivity contribution in [2.75, 3.05) is 6.54 Å². The van der Waals surface area contributed by atoms with E-state index in [4.69, 9.17) is 5.26 Å². The van der Waals surface area contributed by atoms with Gasteiger partial charge in [-0.15, -0.1) is 0 Å². The molecule has 4 rings (SSSR count). The SMILES string of the molecule is N#CCn1nc(Cn2cnc3ccccc32)c2c1CCNC2. The van der Waals surface area contributed by atoms with Crippen molar-refractivity contribution in [2.45, 2.75) is 26.1 Å². The van der Waals surface area contributed by atoms with Crippen molar-refractivity contribution in [1.82, 2.24) is 24.6 Å². The third kappa shape index (κ3) is 2.07. The number of imidazole rings is 1. The molecule has 0 unspecified atom stereocenters. The maximum absolute atomic E-state index is 8.99. The van der Waals surface area contributed by atoms with E-state index in [9.17, 15) is 0 Å². The first kappa shape index (κ1) is 13.0.